The van der Waals surface area contributed by atoms with Crippen LogP contribution in [0.25, 0.3) is 0 Å². The predicted molar refractivity (Wildman–Crippen MR) is 65.2 cm³/mol. The Kier molecular flexibility index (Phi) is 5.99. The minimum Gasteiger partial charge on any atom is -0.0948 e. The molecule has 0 fully saturated rings. The molecule has 0 N–H and O–H groups in total. The molecule has 0 unspecified atom stereocenters. The first-order chi connectivity index (χ1) is 6.08. The highest BCUT2D eigenvalue weighted by molar-refractivity contribution is 7.70. The Labute approximate surface area is 84.2 Å². The molecule has 0 saturated heterocycles. The van der Waals surface area contributed by atoms with Gasteiger partial charge in [-0.15, -0.1) is 0 Å². The first kappa shape index (κ1) is 12.7. The lowest BCUT2D eigenvalue weighted by atomic mass is 10.5. The highest BCUT2D eigenvalue weighted by Crippen LogP contribution is 2.59. The van der Waals surface area contributed by atoms with Crippen molar-refractivity contribution < 1.29 is 0 Å². The zero-order chi connectivity index (χ0) is 10.4. The lowest BCUT2D eigenvalue weighted by molar-refractivity contribution is 1.15. The van der Waals surface area contributed by atoms with Crippen molar-refractivity contribution in [3.63, 3.8) is 0 Å². The summed E-state index contributed by atoms with van der Waals surface area (Å²) in [5, 5.41) is 3.94. The summed E-state index contributed by atoms with van der Waals surface area (Å²) in [5.74, 6) is 0. The van der Waals surface area contributed by atoms with Crippen LogP contribution in [0, 0.1) is 0 Å². The molecule has 0 spiro atoms. The Morgan fingerprint density at radius 3 is 1.15 bits per heavy atom. The predicted octanol–water partition coefficient (Wildman–Crippen LogP) is 5.24. The zero-order valence-electron chi connectivity index (χ0n) is 9.19. The van der Waals surface area contributed by atoms with E-state index < -0.39 is 0 Å². The molecule has 0 atom stereocenters. The summed E-state index contributed by atoms with van der Waals surface area (Å²) in [5.41, 5.74) is 0. The van der Waals surface area contributed by atoms with Crippen molar-refractivity contribution in [1.82, 2.24) is 0 Å². The second-order valence-corrected chi connectivity index (χ2v) is 5.66. The van der Waals surface area contributed by atoms with Crippen LogP contribution in [0.4, 0.5) is 0 Å². The van der Waals surface area contributed by atoms with E-state index in [9.17, 15) is 0 Å². The smallest absolute Gasteiger partial charge is 0.0278 e. The topological polar surface area (TPSA) is 0 Å². The van der Waals surface area contributed by atoms with Gasteiger partial charge in [0.15, 0.2) is 0 Å². The van der Waals surface area contributed by atoms with E-state index in [1.54, 1.807) is 0 Å². The summed E-state index contributed by atoms with van der Waals surface area (Å²) in [6.45, 7) is 18.8. The Hall–Kier alpha value is -0.350. The molecule has 0 aliphatic carbocycles. The largest absolute Gasteiger partial charge is 0.0948 e. The van der Waals surface area contributed by atoms with E-state index in [1.165, 1.54) is 15.9 Å². The minimum atomic E-state index is -0.328. The third kappa shape index (κ3) is 3.48. The number of allylic oxidation sites excluding steroid dienone is 3. The Balaban J connectivity index is 4.64. The monoisotopic (exact) mass is 196 g/mol. The van der Waals surface area contributed by atoms with Gasteiger partial charge in [0.25, 0.3) is 0 Å². The summed E-state index contributed by atoms with van der Waals surface area (Å²) < 4.78 is 0. The average Bonchev–Trinajstić information content (AvgIpc) is 2.16. The van der Waals surface area contributed by atoms with E-state index in [0.29, 0.717) is 0 Å². The van der Waals surface area contributed by atoms with E-state index in [4.69, 9.17) is 0 Å². The van der Waals surface area contributed by atoms with E-state index in [0.717, 1.165) is 19.3 Å². The van der Waals surface area contributed by atoms with Gasteiger partial charge in [-0.1, -0.05) is 40.5 Å². The first-order valence-electron chi connectivity index (χ1n) is 4.91. The van der Waals surface area contributed by atoms with Gasteiger partial charge in [0.1, 0.15) is 0 Å². The lowest BCUT2D eigenvalue weighted by Crippen LogP contribution is -1.86. The van der Waals surface area contributed by atoms with E-state index in [-0.39, 0.29) is 7.92 Å². The highest BCUT2D eigenvalue weighted by atomic mass is 31.1. The van der Waals surface area contributed by atoms with Gasteiger partial charge in [-0.25, -0.2) is 0 Å². The third-order valence-corrected chi connectivity index (χ3v) is 5.02. The minimum absolute atomic E-state index is 0.328. The summed E-state index contributed by atoms with van der Waals surface area (Å²) in [6, 6.07) is 0. The Morgan fingerprint density at radius 2 is 1.00 bits per heavy atom. The maximum atomic E-state index is 4.12. The molecule has 0 aliphatic heterocycles. The van der Waals surface area contributed by atoms with Gasteiger partial charge in [-0.2, -0.15) is 0 Å². The van der Waals surface area contributed by atoms with Crippen LogP contribution in [0.3, 0.4) is 0 Å². The fourth-order valence-corrected chi connectivity index (χ4v) is 3.44. The molecule has 0 heterocycles. The molecule has 0 rings (SSSR count). The lowest BCUT2D eigenvalue weighted by Gasteiger charge is -2.22. The van der Waals surface area contributed by atoms with Gasteiger partial charge >= 0.3 is 0 Å². The molecular weight excluding hydrogens is 175 g/mol. The standard InChI is InChI=1S/C12H21P/c1-7-10(4)13(11(5)8-2)12(6)9-3/h4-9H2,1-3H3. The van der Waals surface area contributed by atoms with Crippen LogP contribution in [0.1, 0.15) is 40.0 Å². The molecule has 0 amide bonds. The van der Waals surface area contributed by atoms with E-state index >= 15 is 0 Å². The second-order valence-electron chi connectivity index (χ2n) is 3.09. The van der Waals surface area contributed by atoms with Crippen molar-refractivity contribution >= 4 is 7.92 Å². The van der Waals surface area contributed by atoms with Crippen LogP contribution in [-0.2, 0) is 0 Å². The van der Waals surface area contributed by atoms with Gasteiger partial charge in [0.05, 0.1) is 0 Å². The second kappa shape index (κ2) is 6.16. The molecule has 1 heteroatoms. The summed E-state index contributed by atoms with van der Waals surface area (Å²) in [6.07, 6.45) is 3.14. The fraction of sp³-hybridized carbons (Fsp3) is 0.500. The number of rotatable bonds is 6. The van der Waals surface area contributed by atoms with E-state index in [2.05, 4.69) is 40.5 Å². The molecule has 0 aromatic carbocycles. The SMILES string of the molecule is C=C(CC)P(C(=C)CC)C(=C)CC. The Bertz CT molecular complexity index is 175. The molecule has 0 nitrogen and oxygen atoms in total. The van der Waals surface area contributed by atoms with Crippen LogP contribution in [0.5, 0.6) is 0 Å². The maximum absolute atomic E-state index is 4.12. The van der Waals surface area contributed by atoms with E-state index in [1.807, 2.05) is 0 Å². The molecular formula is C12H21P. The molecule has 0 aromatic heterocycles. The summed E-state index contributed by atoms with van der Waals surface area (Å²) >= 11 is 0. The summed E-state index contributed by atoms with van der Waals surface area (Å²) in [4.78, 5) is 0. The highest BCUT2D eigenvalue weighted by Gasteiger charge is 2.15. The zero-order valence-corrected chi connectivity index (χ0v) is 10.1. The van der Waals surface area contributed by atoms with Crippen LogP contribution in [0.15, 0.2) is 35.7 Å². The van der Waals surface area contributed by atoms with Crippen molar-refractivity contribution in [3.8, 4) is 0 Å². The summed E-state index contributed by atoms with van der Waals surface area (Å²) in [7, 11) is -0.328. The number of hydrogen-bond acceptors (Lipinski definition) is 0. The van der Waals surface area contributed by atoms with Crippen molar-refractivity contribution in [2.24, 2.45) is 0 Å². The first-order valence-corrected chi connectivity index (χ1v) is 6.26. The molecule has 13 heavy (non-hydrogen) atoms. The third-order valence-electron chi connectivity index (χ3n) is 2.17. The molecule has 0 saturated carbocycles. The molecule has 74 valence electrons. The van der Waals surface area contributed by atoms with Gasteiger partial charge in [-0.3, -0.25) is 0 Å². The van der Waals surface area contributed by atoms with Crippen LogP contribution in [0.2, 0.25) is 0 Å². The molecule has 0 bridgehead atoms. The van der Waals surface area contributed by atoms with Gasteiger partial charge in [0.2, 0.25) is 0 Å². The molecule has 0 radical (unpaired) electrons. The van der Waals surface area contributed by atoms with Crippen LogP contribution < -0.4 is 0 Å². The normalized spacial score (nSPS) is 10.2. The van der Waals surface area contributed by atoms with Crippen LogP contribution >= 0.6 is 7.92 Å². The quantitative estimate of drug-likeness (QED) is 0.509. The molecule has 0 aromatic rings. The maximum Gasteiger partial charge on any atom is -0.0278 e. The van der Waals surface area contributed by atoms with Crippen LogP contribution in [-0.4, -0.2) is 0 Å². The average molecular weight is 196 g/mol. The van der Waals surface area contributed by atoms with Gasteiger partial charge in [0, 0.05) is 0 Å². The van der Waals surface area contributed by atoms with Crippen molar-refractivity contribution in [2.75, 3.05) is 0 Å². The van der Waals surface area contributed by atoms with Crippen molar-refractivity contribution in [1.29, 1.82) is 0 Å². The Morgan fingerprint density at radius 1 is 0.769 bits per heavy atom. The fourth-order valence-electron chi connectivity index (χ4n) is 1.15. The number of hydrogen-bond donors (Lipinski definition) is 0. The van der Waals surface area contributed by atoms with Gasteiger partial charge < -0.3 is 0 Å². The molecule has 0 aliphatic rings. The van der Waals surface area contributed by atoms with Crippen molar-refractivity contribution in [2.45, 2.75) is 40.0 Å². The van der Waals surface area contributed by atoms with Crippen molar-refractivity contribution in [3.05, 3.63) is 35.7 Å². The van der Waals surface area contributed by atoms with Gasteiger partial charge in [-0.05, 0) is 43.1 Å².